The molecule has 0 unspecified atom stereocenters. The van der Waals surface area contributed by atoms with Crippen LogP contribution in [0.1, 0.15) is 16.1 Å². The Morgan fingerprint density at radius 2 is 1.84 bits per heavy atom. The lowest BCUT2D eigenvalue weighted by molar-refractivity contribution is 0.102. The van der Waals surface area contributed by atoms with Crippen molar-refractivity contribution in [3.63, 3.8) is 0 Å². The summed E-state index contributed by atoms with van der Waals surface area (Å²) in [4.78, 5) is 33.0. The molecule has 6 rings (SSSR count). The fraction of sp³-hybridized carbons (Fsp3) is 0.370. The average molecular weight is 516 g/mol. The number of rotatable bonds is 6. The molecule has 0 aliphatic carbocycles. The number of piperazine rings is 1. The van der Waals surface area contributed by atoms with Crippen LogP contribution in [-0.4, -0.2) is 93.4 Å². The topological polar surface area (TPSA) is 95.3 Å². The molecule has 0 bridgehead atoms. The standard InChI is InChI=1S/C27H30FN9O/c1-34-6-9-36(10-7-34)26-3-2-19(14-31-26)27(38)33-25-13-20-12-21(15-29-23(20)17-30-25)22-16-32-37-11-8-35(5-4-28)18-24(22)37/h2-3,12-17H,4-11,18H2,1H3,(H,30,33,38). The van der Waals surface area contributed by atoms with Gasteiger partial charge in [0.05, 0.1) is 35.7 Å². The van der Waals surface area contributed by atoms with Gasteiger partial charge in [-0.15, -0.1) is 0 Å². The van der Waals surface area contributed by atoms with Crippen molar-refractivity contribution in [2.24, 2.45) is 0 Å². The number of amides is 1. The number of nitrogens with one attached hydrogen (secondary N) is 1. The van der Waals surface area contributed by atoms with E-state index < -0.39 is 0 Å². The van der Waals surface area contributed by atoms with Crippen molar-refractivity contribution in [2.75, 3.05) is 63.2 Å². The Morgan fingerprint density at radius 3 is 2.63 bits per heavy atom. The lowest BCUT2D eigenvalue weighted by Crippen LogP contribution is -2.44. The van der Waals surface area contributed by atoms with E-state index in [0.29, 0.717) is 24.5 Å². The summed E-state index contributed by atoms with van der Waals surface area (Å²) in [7, 11) is 2.12. The maximum atomic E-state index is 12.9. The molecule has 10 nitrogen and oxygen atoms in total. The summed E-state index contributed by atoms with van der Waals surface area (Å²) in [5, 5.41) is 8.26. The lowest BCUT2D eigenvalue weighted by atomic mass is 10.1. The van der Waals surface area contributed by atoms with Crippen LogP contribution < -0.4 is 10.2 Å². The third-order valence-corrected chi connectivity index (χ3v) is 7.31. The summed E-state index contributed by atoms with van der Waals surface area (Å²) in [6.45, 7) is 6.07. The number of alkyl halides is 1. The summed E-state index contributed by atoms with van der Waals surface area (Å²) < 4.78 is 14.9. The highest BCUT2D eigenvalue weighted by Crippen LogP contribution is 2.29. The third kappa shape index (κ3) is 4.94. The number of hydrogen-bond donors (Lipinski definition) is 1. The van der Waals surface area contributed by atoms with Crippen LogP contribution in [0.4, 0.5) is 16.0 Å². The van der Waals surface area contributed by atoms with Crippen LogP contribution in [0.15, 0.2) is 49.1 Å². The van der Waals surface area contributed by atoms with Crippen molar-refractivity contribution >= 4 is 28.4 Å². The van der Waals surface area contributed by atoms with Crippen LogP contribution >= 0.6 is 0 Å². The van der Waals surface area contributed by atoms with E-state index in [9.17, 15) is 9.18 Å². The van der Waals surface area contributed by atoms with Crippen LogP contribution in [0.5, 0.6) is 0 Å². The van der Waals surface area contributed by atoms with Gasteiger partial charge in [0.2, 0.25) is 0 Å². The zero-order chi connectivity index (χ0) is 26.1. The summed E-state index contributed by atoms with van der Waals surface area (Å²) in [6.07, 6.45) is 6.92. The van der Waals surface area contributed by atoms with E-state index in [0.717, 1.165) is 72.8 Å². The van der Waals surface area contributed by atoms with Gasteiger partial charge in [0.25, 0.3) is 5.91 Å². The summed E-state index contributed by atoms with van der Waals surface area (Å²) >= 11 is 0. The second-order valence-electron chi connectivity index (χ2n) is 9.83. The summed E-state index contributed by atoms with van der Waals surface area (Å²) in [5.41, 5.74) is 4.16. The van der Waals surface area contributed by atoms with E-state index in [-0.39, 0.29) is 12.6 Å². The van der Waals surface area contributed by atoms with Crippen LogP contribution in [0.3, 0.4) is 0 Å². The van der Waals surface area contributed by atoms with Gasteiger partial charge in [-0.2, -0.15) is 5.10 Å². The Bertz CT molecular complexity index is 1450. The number of carbonyl (C=O) groups is 1. The zero-order valence-corrected chi connectivity index (χ0v) is 21.3. The Morgan fingerprint density at radius 1 is 0.974 bits per heavy atom. The highest BCUT2D eigenvalue weighted by atomic mass is 19.1. The maximum absolute atomic E-state index is 12.9. The van der Waals surface area contributed by atoms with Crippen LogP contribution in [0.25, 0.3) is 22.0 Å². The predicted octanol–water partition coefficient (Wildman–Crippen LogP) is 2.68. The molecule has 196 valence electrons. The van der Waals surface area contributed by atoms with Gasteiger partial charge in [0.15, 0.2) is 0 Å². The predicted molar refractivity (Wildman–Crippen MR) is 144 cm³/mol. The SMILES string of the molecule is CN1CCN(c2ccc(C(=O)Nc3cc4cc(-c5cnn6c5CN(CCF)CC6)cnc4cn3)cn2)CC1. The normalized spacial score (nSPS) is 16.5. The fourth-order valence-electron chi connectivity index (χ4n) is 5.03. The monoisotopic (exact) mass is 515 g/mol. The molecule has 1 saturated heterocycles. The molecule has 1 fully saturated rings. The van der Waals surface area contributed by atoms with Crippen LogP contribution in [0.2, 0.25) is 0 Å². The Balaban J connectivity index is 1.19. The van der Waals surface area contributed by atoms with E-state index >= 15 is 0 Å². The molecule has 0 radical (unpaired) electrons. The van der Waals surface area contributed by atoms with Gasteiger partial charge >= 0.3 is 0 Å². The van der Waals surface area contributed by atoms with E-state index in [4.69, 9.17) is 0 Å². The van der Waals surface area contributed by atoms with Crippen molar-refractivity contribution in [1.29, 1.82) is 0 Å². The molecule has 0 aromatic carbocycles. The van der Waals surface area contributed by atoms with Gasteiger partial charge in [-0.25, -0.2) is 14.4 Å². The molecule has 4 aromatic heterocycles. The minimum atomic E-state index is -0.362. The van der Waals surface area contributed by atoms with Gasteiger partial charge in [-0.05, 0) is 31.3 Å². The number of fused-ring (bicyclic) bond motifs is 2. The number of aromatic nitrogens is 5. The third-order valence-electron chi connectivity index (χ3n) is 7.31. The first-order valence-electron chi connectivity index (χ1n) is 12.9. The number of anilines is 2. The molecule has 0 spiro atoms. The molecule has 38 heavy (non-hydrogen) atoms. The molecule has 1 N–H and O–H groups in total. The second kappa shape index (κ2) is 10.4. The van der Waals surface area contributed by atoms with Gasteiger partial charge in [-0.1, -0.05) is 0 Å². The number of likely N-dealkylation sites (N-methyl/N-ethyl adjacent to an activating group) is 1. The minimum absolute atomic E-state index is 0.267. The van der Waals surface area contributed by atoms with Gasteiger partial charge < -0.3 is 15.1 Å². The second-order valence-corrected chi connectivity index (χ2v) is 9.83. The minimum Gasteiger partial charge on any atom is -0.354 e. The molecule has 6 heterocycles. The molecule has 2 aliphatic heterocycles. The van der Waals surface area contributed by atoms with Crippen molar-refractivity contribution in [1.82, 2.24) is 34.5 Å². The largest absolute Gasteiger partial charge is 0.354 e. The number of carbonyl (C=O) groups excluding carboxylic acids is 1. The lowest BCUT2D eigenvalue weighted by Gasteiger charge is -2.33. The molecule has 11 heteroatoms. The summed E-state index contributed by atoms with van der Waals surface area (Å²) in [5.74, 6) is 1.06. The molecule has 0 atom stereocenters. The first kappa shape index (κ1) is 24.4. The van der Waals surface area contributed by atoms with Crippen LogP contribution in [-0.2, 0) is 13.1 Å². The first-order valence-corrected chi connectivity index (χ1v) is 12.9. The Labute approximate surface area is 220 Å². The molecule has 4 aromatic rings. The molecular weight excluding hydrogens is 485 g/mol. The Kier molecular flexibility index (Phi) is 6.69. The number of nitrogens with zero attached hydrogens (tertiary/aromatic N) is 8. The number of pyridine rings is 3. The van der Waals surface area contributed by atoms with Crippen molar-refractivity contribution < 1.29 is 9.18 Å². The van der Waals surface area contributed by atoms with E-state index in [1.807, 2.05) is 35.3 Å². The van der Waals surface area contributed by atoms with E-state index in [2.05, 4.69) is 47.1 Å². The van der Waals surface area contributed by atoms with E-state index in [1.54, 1.807) is 18.5 Å². The quantitative estimate of drug-likeness (QED) is 0.419. The van der Waals surface area contributed by atoms with Crippen LogP contribution in [0, 0.1) is 0 Å². The van der Waals surface area contributed by atoms with Gasteiger partial charge in [-0.3, -0.25) is 19.4 Å². The van der Waals surface area contributed by atoms with Gasteiger partial charge in [0.1, 0.15) is 18.3 Å². The highest BCUT2D eigenvalue weighted by Gasteiger charge is 2.21. The molecule has 1 amide bonds. The van der Waals surface area contributed by atoms with E-state index in [1.165, 1.54) is 0 Å². The van der Waals surface area contributed by atoms with Crippen molar-refractivity contribution in [3.8, 4) is 11.1 Å². The molecular formula is C27H30FN9O. The molecule has 0 saturated carbocycles. The molecule has 2 aliphatic rings. The smallest absolute Gasteiger partial charge is 0.258 e. The average Bonchev–Trinajstić information content (AvgIpc) is 3.37. The first-order chi connectivity index (χ1) is 18.6. The number of halogens is 1. The van der Waals surface area contributed by atoms with Crippen molar-refractivity contribution in [3.05, 3.63) is 60.3 Å². The fourth-order valence-corrected chi connectivity index (χ4v) is 5.03. The van der Waals surface area contributed by atoms with Crippen molar-refractivity contribution in [2.45, 2.75) is 13.1 Å². The zero-order valence-electron chi connectivity index (χ0n) is 21.3. The Hall–Kier alpha value is -3.96. The van der Waals surface area contributed by atoms with Gasteiger partial charge in [0, 0.05) is 74.7 Å². The number of hydrogen-bond acceptors (Lipinski definition) is 8. The summed E-state index contributed by atoms with van der Waals surface area (Å²) in [6, 6.07) is 7.54. The maximum Gasteiger partial charge on any atom is 0.258 e. The highest BCUT2D eigenvalue weighted by molar-refractivity contribution is 6.04.